The largest absolute Gasteiger partial charge is 0.383 e. The molecule has 1 aromatic carbocycles. The van der Waals surface area contributed by atoms with Crippen molar-refractivity contribution in [1.29, 1.82) is 0 Å². The molecular weight excluding hydrogens is 347 g/mol. The van der Waals surface area contributed by atoms with E-state index in [4.69, 9.17) is 23.2 Å². The summed E-state index contributed by atoms with van der Waals surface area (Å²) < 4.78 is 22.9. The molecule has 0 bridgehead atoms. The zero-order chi connectivity index (χ0) is 16.3. The van der Waals surface area contributed by atoms with Crippen LogP contribution in [0.4, 0.5) is 5.69 Å². The van der Waals surface area contributed by atoms with E-state index >= 15 is 0 Å². The average molecular weight is 365 g/mol. The van der Waals surface area contributed by atoms with Crippen molar-refractivity contribution in [3.05, 3.63) is 28.2 Å². The number of carbonyl (C=O) groups is 1. The van der Waals surface area contributed by atoms with E-state index in [1.807, 2.05) is 0 Å². The van der Waals surface area contributed by atoms with Crippen molar-refractivity contribution in [2.24, 2.45) is 0 Å². The van der Waals surface area contributed by atoms with Gasteiger partial charge in [-0.3, -0.25) is 4.79 Å². The maximum absolute atomic E-state index is 12.1. The highest BCUT2D eigenvalue weighted by atomic mass is 35.5. The number of carbonyl (C=O) groups excluding carboxylic acids is 1. The lowest BCUT2D eigenvalue weighted by atomic mass is 10.2. The number of sulfone groups is 1. The minimum absolute atomic E-state index is 0.0612. The van der Waals surface area contributed by atoms with E-state index in [0.29, 0.717) is 28.7 Å². The second-order valence-electron chi connectivity index (χ2n) is 5.36. The van der Waals surface area contributed by atoms with Gasteiger partial charge in [0.05, 0.1) is 22.2 Å². The van der Waals surface area contributed by atoms with Crippen molar-refractivity contribution in [3.8, 4) is 0 Å². The van der Waals surface area contributed by atoms with Gasteiger partial charge in [0.25, 0.3) is 0 Å². The molecule has 1 aromatic rings. The molecule has 5 nitrogen and oxygen atoms in total. The molecule has 1 atom stereocenters. The third-order valence-electron chi connectivity index (χ3n) is 3.73. The Morgan fingerprint density at radius 2 is 2.14 bits per heavy atom. The lowest BCUT2D eigenvalue weighted by Crippen LogP contribution is -2.38. The van der Waals surface area contributed by atoms with Crippen LogP contribution in [0, 0.1) is 0 Å². The second-order valence-corrected chi connectivity index (χ2v) is 8.43. The number of halogens is 2. The van der Waals surface area contributed by atoms with Crippen LogP contribution in [0.25, 0.3) is 0 Å². The van der Waals surface area contributed by atoms with E-state index in [1.54, 1.807) is 25.2 Å². The van der Waals surface area contributed by atoms with Crippen molar-refractivity contribution >= 4 is 44.6 Å². The molecule has 1 amide bonds. The molecule has 1 unspecified atom stereocenters. The SMILES string of the molecule is CN(C(=O)CCNc1ccc(Cl)cc1Cl)C1CCS(=O)(=O)C1. The molecule has 0 spiro atoms. The second kappa shape index (κ2) is 7.06. The molecule has 1 heterocycles. The average Bonchev–Trinajstić information content (AvgIpc) is 2.80. The number of hydrogen-bond acceptors (Lipinski definition) is 4. The number of rotatable bonds is 5. The van der Waals surface area contributed by atoms with Crippen LogP contribution in [0.1, 0.15) is 12.8 Å². The molecule has 0 saturated carbocycles. The summed E-state index contributed by atoms with van der Waals surface area (Å²) in [5.41, 5.74) is 0.713. The number of benzene rings is 1. The van der Waals surface area contributed by atoms with Crippen molar-refractivity contribution in [1.82, 2.24) is 4.90 Å². The minimum atomic E-state index is -2.99. The fourth-order valence-electron chi connectivity index (χ4n) is 2.40. The smallest absolute Gasteiger partial charge is 0.224 e. The Morgan fingerprint density at radius 3 is 2.73 bits per heavy atom. The van der Waals surface area contributed by atoms with E-state index in [0.717, 1.165) is 0 Å². The first-order chi connectivity index (χ1) is 10.3. The maximum atomic E-state index is 12.1. The van der Waals surface area contributed by atoms with Gasteiger partial charge in [-0.05, 0) is 24.6 Å². The summed E-state index contributed by atoms with van der Waals surface area (Å²) in [6, 6.07) is 4.88. The van der Waals surface area contributed by atoms with Gasteiger partial charge in [0, 0.05) is 31.1 Å². The lowest BCUT2D eigenvalue weighted by Gasteiger charge is -2.23. The molecule has 1 N–H and O–H groups in total. The number of nitrogens with zero attached hydrogens (tertiary/aromatic N) is 1. The maximum Gasteiger partial charge on any atom is 0.224 e. The Kier molecular flexibility index (Phi) is 5.58. The summed E-state index contributed by atoms with van der Waals surface area (Å²) in [6.07, 6.45) is 0.785. The highest BCUT2D eigenvalue weighted by Crippen LogP contribution is 2.25. The fraction of sp³-hybridized carbons (Fsp3) is 0.500. The number of hydrogen-bond donors (Lipinski definition) is 1. The zero-order valence-electron chi connectivity index (χ0n) is 12.2. The van der Waals surface area contributed by atoms with Crippen LogP contribution in [0.5, 0.6) is 0 Å². The van der Waals surface area contributed by atoms with Gasteiger partial charge in [-0.15, -0.1) is 0 Å². The quantitative estimate of drug-likeness (QED) is 0.871. The molecule has 1 fully saturated rings. The van der Waals surface area contributed by atoms with Crippen LogP contribution in [-0.4, -0.2) is 50.4 Å². The molecule has 1 aliphatic heterocycles. The summed E-state index contributed by atoms with van der Waals surface area (Å²) in [5, 5.41) is 4.12. The highest BCUT2D eigenvalue weighted by molar-refractivity contribution is 7.91. The van der Waals surface area contributed by atoms with Crippen molar-refractivity contribution in [3.63, 3.8) is 0 Å². The molecule has 8 heteroatoms. The third-order valence-corrected chi connectivity index (χ3v) is 6.03. The van der Waals surface area contributed by atoms with E-state index in [1.165, 1.54) is 4.90 Å². The number of nitrogens with one attached hydrogen (secondary N) is 1. The Labute approximate surface area is 140 Å². The van der Waals surface area contributed by atoms with Crippen LogP contribution >= 0.6 is 23.2 Å². The summed E-state index contributed by atoms with van der Waals surface area (Å²) >= 11 is 11.9. The molecule has 0 aromatic heterocycles. The van der Waals surface area contributed by atoms with Gasteiger partial charge in [-0.1, -0.05) is 23.2 Å². The van der Waals surface area contributed by atoms with Gasteiger partial charge in [0.15, 0.2) is 9.84 Å². The summed E-state index contributed by atoms with van der Waals surface area (Å²) in [7, 11) is -1.33. The molecule has 22 heavy (non-hydrogen) atoms. The molecule has 0 radical (unpaired) electrons. The highest BCUT2D eigenvalue weighted by Gasteiger charge is 2.32. The van der Waals surface area contributed by atoms with Crippen molar-refractivity contribution in [2.45, 2.75) is 18.9 Å². The van der Waals surface area contributed by atoms with Gasteiger partial charge in [0.1, 0.15) is 0 Å². The fourth-order valence-corrected chi connectivity index (χ4v) is 4.65. The van der Waals surface area contributed by atoms with Crippen LogP contribution < -0.4 is 5.32 Å². The summed E-state index contributed by atoms with van der Waals surface area (Å²) in [5.74, 6) is 0.138. The number of anilines is 1. The Balaban J connectivity index is 1.82. The first-order valence-corrected chi connectivity index (χ1v) is 9.51. The normalized spacial score (nSPS) is 19.9. The zero-order valence-corrected chi connectivity index (χ0v) is 14.5. The van der Waals surface area contributed by atoms with E-state index < -0.39 is 9.84 Å². The molecule has 2 rings (SSSR count). The molecular formula is C14H18Cl2N2O3S. The lowest BCUT2D eigenvalue weighted by molar-refractivity contribution is -0.131. The van der Waals surface area contributed by atoms with E-state index in [-0.39, 0.29) is 29.9 Å². The first-order valence-electron chi connectivity index (χ1n) is 6.93. The van der Waals surface area contributed by atoms with Gasteiger partial charge in [-0.2, -0.15) is 0 Å². The predicted octanol–water partition coefficient (Wildman–Crippen LogP) is 2.44. The predicted molar refractivity (Wildman–Crippen MR) is 89.4 cm³/mol. The van der Waals surface area contributed by atoms with Gasteiger partial charge >= 0.3 is 0 Å². The topological polar surface area (TPSA) is 66.5 Å². The first kappa shape index (κ1) is 17.4. The van der Waals surface area contributed by atoms with Gasteiger partial charge in [0.2, 0.25) is 5.91 Å². The standard InChI is InChI=1S/C14H18Cl2N2O3S/c1-18(11-5-7-22(20,21)9-11)14(19)4-6-17-13-3-2-10(15)8-12(13)16/h2-3,8,11,17H,4-7,9H2,1H3. The molecule has 122 valence electrons. The van der Waals surface area contributed by atoms with Crippen LogP contribution in [0.3, 0.4) is 0 Å². The Hall–Kier alpha value is -0.980. The molecule has 1 aliphatic rings. The van der Waals surface area contributed by atoms with E-state index in [2.05, 4.69) is 5.32 Å². The van der Waals surface area contributed by atoms with Gasteiger partial charge in [-0.25, -0.2) is 8.42 Å². The van der Waals surface area contributed by atoms with Crippen LogP contribution in [0.15, 0.2) is 18.2 Å². The van der Waals surface area contributed by atoms with Gasteiger partial charge < -0.3 is 10.2 Å². The third kappa shape index (κ3) is 4.51. The van der Waals surface area contributed by atoms with Crippen molar-refractivity contribution < 1.29 is 13.2 Å². The molecule has 1 saturated heterocycles. The minimum Gasteiger partial charge on any atom is -0.383 e. The van der Waals surface area contributed by atoms with Crippen molar-refractivity contribution in [2.75, 3.05) is 30.4 Å². The van der Waals surface area contributed by atoms with Crippen LogP contribution in [-0.2, 0) is 14.6 Å². The van der Waals surface area contributed by atoms with Crippen LogP contribution in [0.2, 0.25) is 10.0 Å². The monoisotopic (exact) mass is 364 g/mol. The summed E-state index contributed by atoms with van der Waals surface area (Å²) in [4.78, 5) is 13.6. The summed E-state index contributed by atoms with van der Waals surface area (Å²) in [6.45, 7) is 0.421. The van der Waals surface area contributed by atoms with E-state index in [9.17, 15) is 13.2 Å². The Morgan fingerprint density at radius 1 is 1.41 bits per heavy atom. The number of amides is 1. The Bertz CT molecular complexity index is 664. The molecule has 0 aliphatic carbocycles.